The first-order valence-electron chi connectivity index (χ1n) is 4.90. The number of rotatable bonds is 4. The highest BCUT2D eigenvalue weighted by Gasteiger charge is 2.00. The molecule has 0 aliphatic carbocycles. The molecule has 1 N–H and O–H groups in total. The van der Waals surface area contributed by atoms with Gasteiger partial charge in [-0.15, -0.1) is 0 Å². The fourth-order valence-electron chi connectivity index (χ4n) is 1.20. The van der Waals surface area contributed by atoms with Crippen LogP contribution in [0.25, 0.3) is 0 Å². The van der Waals surface area contributed by atoms with E-state index in [-0.39, 0.29) is 6.10 Å². The number of aromatic nitrogens is 1. The highest BCUT2D eigenvalue weighted by Crippen LogP contribution is 2.09. The molecule has 1 rings (SSSR count). The van der Waals surface area contributed by atoms with Crippen LogP contribution in [0.1, 0.15) is 18.9 Å². The molecule has 3 nitrogen and oxygen atoms in total. The van der Waals surface area contributed by atoms with Crippen LogP contribution in [0.3, 0.4) is 0 Å². The van der Waals surface area contributed by atoms with E-state index in [1.807, 2.05) is 38.2 Å². The fraction of sp³-hybridized carbons (Fsp3) is 0.545. The lowest BCUT2D eigenvalue weighted by Gasteiger charge is -2.11. The van der Waals surface area contributed by atoms with Gasteiger partial charge in [0.25, 0.3) is 0 Å². The molecule has 1 aromatic rings. The number of nitrogens with zero attached hydrogens (tertiary/aromatic N) is 2. The van der Waals surface area contributed by atoms with Gasteiger partial charge in [0, 0.05) is 20.3 Å². The van der Waals surface area contributed by atoms with Gasteiger partial charge in [-0.3, -0.25) is 0 Å². The largest absolute Gasteiger partial charge is 0.393 e. The molecule has 1 aromatic heterocycles. The topological polar surface area (TPSA) is 36.4 Å². The van der Waals surface area contributed by atoms with E-state index in [0.29, 0.717) is 0 Å². The third-order valence-electron chi connectivity index (χ3n) is 2.12. The first-order valence-corrected chi connectivity index (χ1v) is 4.90. The lowest BCUT2D eigenvalue weighted by molar-refractivity contribution is 0.185. The molecule has 0 fully saturated rings. The average Bonchev–Trinajstić information content (AvgIpc) is 2.15. The third-order valence-corrected chi connectivity index (χ3v) is 2.12. The zero-order valence-electron chi connectivity index (χ0n) is 9.07. The summed E-state index contributed by atoms with van der Waals surface area (Å²) in [7, 11) is 3.94. The number of aliphatic hydroxyl groups is 1. The molecule has 0 saturated heterocycles. The summed E-state index contributed by atoms with van der Waals surface area (Å²) >= 11 is 0. The fourth-order valence-corrected chi connectivity index (χ4v) is 1.20. The highest BCUT2D eigenvalue weighted by atomic mass is 16.3. The van der Waals surface area contributed by atoms with Crippen molar-refractivity contribution in [2.24, 2.45) is 0 Å². The van der Waals surface area contributed by atoms with Gasteiger partial charge in [-0.25, -0.2) is 4.98 Å². The molecule has 0 spiro atoms. The van der Waals surface area contributed by atoms with Gasteiger partial charge in [-0.2, -0.15) is 0 Å². The smallest absolute Gasteiger partial charge is 0.127 e. The Morgan fingerprint density at radius 2 is 2.14 bits per heavy atom. The Hall–Kier alpha value is -1.09. The second-order valence-electron chi connectivity index (χ2n) is 3.81. The lowest BCUT2D eigenvalue weighted by Crippen LogP contribution is -2.10. The maximum atomic E-state index is 9.13. The molecule has 0 aromatic carbocycles. The quantitative estimate of drug-likeness (QED) is 0.788. The Morgan fingerprint density at radius 1 is 1.43 bits per heavy atom. The average molecular weight is 194 g/mol. The van der Waals surface area contributed by atoms with Crippen molar-refractivity contribution in [3.05, 3.63) is 23.9 Å². The second-order valence-corrected chi connectivity index (χ2v) is 3.81. The van der Waals surface area contributed by atoms with Gasteiger partial charge in [-0.05, 0) is 31.4 Å². The molecule has 0 saturated carbocycles. The Kier molecular flexibility index (Phi) is 3.89. The molecular formula is C11H18N2O. The van der Waals surface area contributed by atoms with Crippen LogP contribution < -0.4 is 4.90 Å². The van der Waals surface area contributed by atoms with Crippen molar-refractivity contribution in [1.82, 2.24) is 4.98 Å². The predicted octanol–water partition coefficient (Wildman–Crippen LogP) is 1.46. The summed E-state index contributed by atoms with van der Waals surface area (Å²) in [6, 6.07) is 4.06. The van der Waals surface area contributed by atoms with Crippen molar-refractivity contribution in [2.45, 2.75) is 25.9 Å². The van der Waals surface area contributed by atoms with Crippen LogP contribution in [0.2, 0.25) is 0 Å². The summed E-state index contributed by atoms with van der Waals surface area (Å²) < 4.78 is 0. The monoisotopic (exact) mass is 194 g/mol. The van der Waals surface area contributed by atoms with Crippen LogP contribution in [0, 0.1) is 0 Å². The molecule has 0 bridgehead atoms. The van der Waals surface area contributed by atoms with Crippen molar-refractivity contribution in [3.8, 4) is 0 Å². The van der Waals surface area contributed by atoms with E-state index in [9.17, 15) is 0 Å². The number of hydrogen-bond donors (Lipinski definition) is 1. The van der Waals surface area contributed by atoms with Crippen molar-refractivity contribution >= 4 is 5.82 Å². The van der Waals surface area contributed by atoms with Crippen molar-refractivity contribution in [2.75, 3.05) is 19.0 Å². The first kappa shape index (κ1) is 11.0. The lowest BCUT2D eigenvalue weighted by atomic mass is 10.1. The van der Waals surface area contributed by atoms with E-state index >= 15 is 0 Å². The maximum Gasteiger partial charge on any atom is 0.127 e. The van der Waals surface area contributed by atoms with E-state index < -0.39 is 0 Å². The zero-order chi connectivity index (χ0) is 10.6. The summed E-state index contributed by atoms with van der Waals surface area (Å²) in [6.07, 6.45) is 3.32. The van der Waals surface area contributed by atoms with Gasteiger partial charge in [0.2, 0.25) is 0 Å². The van der Waals surface area contributed by atoms with Gasteiger partial charge in [0.05, 0.1) is 6.10 Å². The molecule has 1 heterocycles. The highest BCUT2D eigenvalue weighted by molar-refractivity contribution is 5.37. The van der Waals surface area contributed by atoms with Gasteiger partial charge < -0.3 is 10.0 Å². The Balaban J connectivity index is 2.55. The normalized spacial score (nSPS) is 12.6. The summed E-state index contributed by atoms with van der Waals surface area (Å²) in [5, 5.41) is 9.13. The van der Waals surface area contributed by atoms with Crippen LogP contribution in [-0.2, 0) is 6.42 Å². The molecule has 0 aliphatic rings. The zero-order valence-corrected chi connectivity index (χ0v) is 9.07. The number of aryl methyl sites for hydroxylation is 1. The van der Waals surface area contributed by atoms with Crippen molar-refractivity contribution in [3.63, 3.8) is 0 Å². The van der Waals surface area contributed by atoms with E-state index in [4.69, 9.17) is 5.11 Å². The molecule has 0 radical (unpaired) electrons. The molecule has 0 unspecified atom stereocenters. The van der Waals surface area contributed by atoms with Gasteiger partial charge >= 0.3 is 0 Å². The summed E-state index contributed by atoms with van der Waals surface area (Å²) in [6.45, 7) is 1.81. The minimum absolute atomic E-state index is 0.233. The van der Waals surface area contributed by atoms with E-state index in [1.165, 1.54) is 5.56 Å². The molecule has 14 heavy (non-hydrogen) atoms. The maximum absolute atomic E-state index is 9.13. The molecule has 78 valence electrons. The molecule has 0 aliphatic heterocycles. The summed E-state index contributed by atoms with van der Waals surface area (Å²) in [5.41, 5.74) is 1.18. The van der Waals surface area contributed by atoms with Crippen molar-refractivity contribution < 1.29 is 5.11 Å². The van der Waals surface area contributed by atoms with Crippen molar-refractivity contribution in [1.29, 1.82) is 0 Å². The van der Waals surface area contributed by atoms with E-state index in [0.717, 1.165) is 18.7 Å². The number of aliphatic hydroxyl groups excluding tert-OH is 1. The molecule has 0 amide bonds. The number of hydrogen-bond acceptors (Lipinski definition) is 3. The molecule has 3 heteroatoms. The Bertz CT molecular complexity index is 267. The minimum Gasteiger partial charge on any atom is -0.393 e. The summed E-state index contributed by atoms with van der Waals surface area (Å²) in [4.78, 5) is 6.27. The van der Waals surface area contributed by atoms with Crippen LogP contribution in [0.5, 0.6) is 0 Å². The van der Waals surface area contributed by atoms with Gasteiger partial charge in [-0.1, -0.05) is 6.07 Å². The summed E-state index contributed by atoms with van der Waals surface area (Å²) in [5.74, 6) is 0.964. The van der Waals surface area contributed by atoms with E-state index in [2.05, 4.69) is 11.1 Å². The van der Waals surface area contributed by atoms with Crippen LogP contribution in [0.4, 0.5) is 5.82 Å². The van der Waals surface area contributed by atoms with Crippen LogP contribution >= 0.6 is 0 Å². The Labute approximate surface area is 85.4 Å². The van der Waals surface area contributed by atoms with Gasteiger partial charge in [0.15, 0.2) is 0 Å². The van der Waals surface area contributed by atoms with Crippen LogP contribution in [-0.4, -0.2) is 30.3 Å². The Morgan fingerprint density at radius 3 is 2.57 bits per heavy atom. The minimum atomic E-state index is -0.233. The number of anilines is 1. The SMILES string of the molecule is C[C@@H](O)CCc1ccc(N(C)C)nc1. The molecule has 1 atom stereocenters. The van der Waals surface area contributed by atoms with E-state index in [1.54, 1.807) is 0 Å². The second kappa shape index (κ2) is 4.96. The number of pyridine rings is 1. The first-order chi connectivity index (χ1) is 6.59. The third kappa shape index (κ3) is 3.34. The van der Waals surface area contributed by atoms with Gasteiger partial charge in [0.1, 0.15) is 5.82 Å². The predicted molar refractivity (Wildman–Crippen MR) is 58.6 cm³/mol. The molecular weight excluding hydrogens is 176 g/mol. The van der Waals surface area contributed by atoms with Crippen LogP contribution in [0.15, 0.2) is 18.3 Å². The standard InChI is InChI=1S/C11H18N2O/c1-9(14)4-5-10-6-7-11(12-8-10)13(2)3/h6-9,14H,4-5H2,1-3H3/t9-/m1/s1.